The molecular weight excluding hydrogens is 417 g/mol. The summed E-state index contributed by atoms with van der Waals surface area (Å²) in [6, 6.07) is 13.9. The van der Waals surface area contributed by atoms with Crippen LogP contribution in [0, 0.1) is 0 Å². The minimum atomic E-state index is -4.42. The molecule has 32 heavy (non-hydrogen) atoms. The molecule has 1 heterocycles. The van der Waals surface area contributed by atoms with Crippen molar-refractivity contribution >= 4 is 11.6 Å². The van der Waals surface area contributed by atoms with Gasteiger partial charge in [0.1, 0.15) is 12.4 Å². The molecule has 3 aromatic rings. The molecule has 8 heteroatoms. The zero-order valence-electron chi connectivity index (χ0n) is 17.5. The molecule has 1 aliphatic rings. The molecule has 0 bridgehead atoms. The van der Waals surface area contributed by atoms with Gasteiger partial charge in [-0.2, -0.15) is 13.2 Å². The Labute approximate surface area is 184 Å². The van der Waals surface area contributed by atoms with Crippen molar-refractivity contribution in [3.8, 4) is 0 Å². The molecule has 1 aromatic heterocycles. The van der Waals surface area contributed by atoms with Crippen LogP contribution < -0.4 is 4.90 Å². The van der Waals surface area contributed by atoms with Crippen LogP contribution in [0.1, 0.15) is 35.6 Å². The Morgan fingerprint density at radius 3 is 2.38 bits per heavy atom. The summed E-state index contributed by atoms with van der Waals surface area (Å²) >= 11 is 0. The van der Waals surface area contributed by atoms with Gasteiger partial charge in [-0.15, -0.1) is 0 Å². The van der Waals surface area contributed by atoms with Gasteiger partial charge in [-0.1, -0.05) is 36.4 Å². The minimum absolute atomic E-state index is 0.0999. The van der Waals surface area contributed by atoms with Gasteiger partial charge >= 0.3 is 6.18 Å². The lowest BCUT2D eigenvalue weighted by Gasteiger charge is -2.34. The number of amides is 1. The molecule has 4 rings (SSSR count). The highest BCUT2D eigenvalue weighted by atomic mass is 19.4. The van der Waals surface area contributed by atoms with Gasteiger partial charge in [0, 0.05) is 43.3 Å². The van der Waals surface area contributed by atoms with E-state index in [4.69, 9.17) is 0 Å². The van der Waals surface area contributed by atoms with Crippen molar-refractivity contribution in [1.82, 2.24) is 14.9 Å². The van der Waals surface area contributed by atoms with Gasteiger partial charge in [-0.25, -0.2) is 9.97 Å². The number of aromatic nitrogens is 2. The summed E-state index contributed by atoms with van der Waals surface area (Å²) in [6.45, 7) is 0.211. The first-order chi connectivity index (χ1) is 15.3. The molecule has 0 radical (unpaired) electrons. The van der Waals surface area contributed by atoms with E-state index in [1.807, 2.05) is 35.2 Å². The second-order valence-electron chi connectivity index (χ2n) is 7.91. The first kappa shape index (κ1) is 22.0. The zero-order valence-corrected chi connectivity index (χ0v) is 17.5. The van der Waals surface area contributed by atoms with E-state index >= 15 is 0 Å². The highest BCUT2D eigenvalue weighted by Crippen LogP contribution is 2.38. The fraction of sp³-hybridized carbons (Fsp3) is 0.292. The number of likely N-dealkylation sites (N-methyl/N-ethyl adjacent to an activating group) is 1. The van der Waals surface area contributed by atoms with Crippen LogP contribution in [0.3, 0.4) is 0 Å². The number of hydrogen-bond donors (Lipinski definition) is 0. The van der Waals surface area contributed by atoms with Crippen LogP contribution in [0.25, 0.3) is 0 Å². The van der Waals surface area contributed by atoms with E-state index < -0.39 is 17.8 Å². The summed E-state index contributed by atoms with van der Waals surface area (Å²) in [4.78, 5) is 25.4. The van der Waals surface area contributed by atoms with Crippen molar-refractivity contribution in [2.24, 2.45) is 0 Å². The largest absolute Gasteiger partial charge is 0.416 e. The summed E-state index contributed by atoms with van der Waals surface area (Å²) in [5.41, 5.74) is 1.15. The molecule has 1 atom stereocenters. The van der Waals surface area contributed by atoms with Crippen molar-refractivity contribution in [3.63, 3.8) is 0 Å². The molecule has 2 aromatic carbocycles. The lowest BCUT2D eigenvalue weighted by molar-refractivity contribution is -0.137. The lowest BCUT2D eigenvalue weighted by Crippen LogP contribution is -2.42. The van der Waals surface area contributed by atoms with Crippen molar-refractivity contribution in [3.05, 3.63) is 90.0 Å². The molecule has 1 unspecified atom stereocenters. The number of alkyl halides is 3. The lowest BCUT2D eigenvalue weighted by atomic mass is 10.0. The molecule has 5 nitrogen and oxygen atoms in total. The molecule has 1 fully saturated rings. The summed E-state index contributed by atoms with van der Waals surface area (Å²) in [5, 5.41) is 0. The van der Waals surface area contributed by atoms with Gasteiger partial charge in [0.15, 0.2) is 0 Å². The van der Waals surface area contributed by atoms with Crippen LogP contribution in [0.4, 0.5) is 18.9 Å². The predicted molar refractivity (Wildman–Crippen MR) is 115 cm³/mol. The Balaban J connectivity index is 1.69. The third-order valence-corrected chi connectivity index (χ3v) is 5.57. The quantitative estimate of drug-likeness (QED) is 0.526. The Bertz CT molecular complexity index is 1060. The van der Waals surface area contributed by atoms with Gasteiger partial charge in [0.25, 0.3) is 0 Å². The number of hydrogen-bond acceptors (Lipinski definition) is 4. The fourth-order valence-electron chi connectivity index (χ4n) is 3.78. The van der Waals surface area contributed by atoms with Gasteiger partial charge in [0.05, 0.1) is 5.56 Å². The number of carbonyl (C=O) groups excluding carboxylic acids is 1. The minimum Gasteiger partial charge on any atom is -0.314 e. The van der Waals surface area contributed by atoms with Crippen LogP contribution >= 0.6 is 0 Å². The third kappa shape index (κ3) is 4.96. The van der Waals surface area contributed by atoms with E-state index in [0.29, 0.717) is 11.1 Å². The average Bonchev–Trinajstić information content (AvgIpc) is 3.64. The first-order valence-corrected chi connectivity index (χ1v) is 10.3. The fourth-order valence-corrected chi connectivity index (χ4v) is 3.78. The normalized spacial score (nSPS) is 14.9. The Hall–Kier alpha value is -3.26. The standard InChI is InChI=1S/C24H23F3N4O/c1-30(20-8-3-2-4-9-20)23(32)22(18-13-28-16-29-14-18)31(21-10-11-21)15-17-6-5-7-19(12-17)24(25,26)27/h2-9,12-14,16,21-22H,10-11,15H2,1H3. The average molecular weight is 440 g/mol. The summed E-state index contributed by atoms with van der Waals surface area (Å²) in [7, 11) is 1.70. The molecule has 0 N–H and O–H groups in total. The van der Waals surface area contributed by atoms with E-state index in [2.05, 4.69) is 9.97 Å². The van der Waals surface area contributed by atoms with Gasteiger partial charge in [0.2, 0.25) is 5.91 Å². The highest BCUT2D eigenvalue weighted by Gasteiger charge is 2.40. The Morgan fingerprint density at radius 2 is 1.75 bits per heavy atom. The van der Waals surface area contributed by atoms with E-state index in [0.717, 1.165) is 30.7 Å². The van der Waals surface area contributed by atoms with Gasteiger partial charge < -0.3 is 4.90 Å². The number of rotatable bonds is 7. The van der Waals surface area contributed by atoms with E-state index in [1.165, 1.54) is 12.4 Å². The first-order valence-electron chi connectivity index (χ1n) is 10.3. The van der Waals surface area contributed by atoms with Crippen LogP contribution in [0.2, 0.25) is 0 Å². The smallest absolute Gasteiger partial charge is 0.314 e. The number of carbonyl (C=O) groups is 1. The molecule has 1 amide bonds. The monoisotopic (exact) mass is 440 g/mol. The Morgan fingerprint density at radius 1 is 1.06 bits per heavy atom. The number of halogens is 3. The molecule has 0 saturated heterocycles. The van der Waals surface area contributed by atoms with Crippen LogP contribution in [-0.2, 0) is 17.5 Å². The van der Waals surface area contributed by atoms with Crippen molar-refractivity contribution in [2.75, 3.05) is 11.9 Å². The number of benzene rings is 2. The van der Waals surface area contributed by atoms with E-state index in [9.17, 15) is 18.0 Å². The highest BCUT2D eigenvalue weighted by molar-refractivity contribution is 5.97. The van der Waals surface area contributed by atoms with E-state index in [-0.39, 0.29) is 18.5 Å². The summed E-state index contributed by atoms with van der Waals surface area (Å²) < 4.78 is 39.7. The second-order valence-corrected chi connectivity index (χ2v) is 7.91. The molecule has 0 aliphatic heterocycles. The van der Waals surface area contributed by atoms with Crippen molar-refractivity contribution in [2.45, 2.75) is 37.6 Å². The third-order valence-electron chi connectivity index (χ3n) is 5.57. The topological polar surface area (TPSA) is 49.3 Å². The van der Waals surface area contributed by atoms with Crippen molar-refractivity contribution < 1.29 is 18.0 Å². The second kappa shape index (κ2) is 9.08. The maximum absolute atomic E-state index is 13.7. The molecule has 1 aliphatic carbocycles. The number of nitrogens with zero attached hydrogens (tertiary/aromatic N) is 4. The van der Waals surface area contributed by atoms with Crippen molar-refractivity contribution in [1.29, 1.82) is 0 Å². The molecule has 166 valence electrons. The predicted octanol–water partition coefficient (Wildman–Crippen LogP) is 4.86. The van der Waals surface area contributed by atoms with Gasteiger partial charge in [-0.3, -0.25) is 9.69 Å². The number of para-hydroxylation sites is 1. The summed E-state index contributed by atoms with van der Waals surface area (Å²) in [6.07, 6.45) is 1.92. The van der Waals surface area contributed by atoms with Crippen LogP contribution in [-0.4, -0.2) is 33.9 Å². The van der Waals surface area contributed by atoms with Crippen LogP contribution in [0.5, 0.6) is 0 Å². The number of anilines is 1. The molecular formula is C24H23F3N4O. The van der Waals surface area contributed by atoms with Gasteiger partial charge in [-0.05, 0) is 36.6 Å². The maximum atomic E-state index is 13.7. The zero-order chi connectivity index (χ0) is 22.7. The maximum Gasteiger partial charge on any atom is 0.416 e. The molecule has 0 spiro atoms. The van der Waals surface area contributed by atoms with E-state index in [1.54, 1.807) is 30.4 Å². The molecule has 1 saturated carbocycles. The summed E-state index contributed by atoms with van der Waals surface area (Å²) in [5.74, 6) is -0.190. The Kier molecular flexibility index (Phi) is 6.23. The SMILES string of the molecule is CN(C(=O)C(c1cncnc1)N(Cc1cccc(C(F)(F)F)c1)C1CC1)c1ccccc1. The van der Waals surface area contributed by atoms with Crippen LogP contribution in [0.15, 0.2) is 73.3 Å².